The van der Waals surface area contributed by atoms with Gasteiger partial charge in [-0.25, -0.2) is 9.97 Å². The molecule has 0 radical (unpaired) electrons. The Balaban J connectivity index is 0.000000516. The summed E-state index contributed by atoms with van der Waals surface area (Å²) in [4.78, 5) is 17.1. The van der Waals surface area contributed by atoms with Gasteiger partial charge >= 0.3 is 0 Å². The van der Waals surface area contributed by atoms with E-state index < -0.39 is 0 Å². The summed E-state index contributed by atoms with van der Waals surface area (Å²) in [5.74, 6) is 0. The second-order valence-electron chi connectivity index (χ2n) is 6.72. The summed E-state index contributed by atoms with van der Waals surface area (Å²) < 4.78 is 0. The number of hydrogen-bond donors (Lipinski definition) is 1. The Morgan fingerprint density at radius 1 is 1.25 bits per heavy atom. The SMILES string of the molecule is C=C1CCN(C)c2ccc(-c3sc(-c4cccnc4)nc3C)nc21.CCNC. The third-order valence-corrected chi connectivity index (χ3v) is 5.89. The molecule has 0 bridgehead atoms. The van der Waals surface area contributed by atoms with Crippen LogP contribution in [0.4, 0.5) is 5.69 Å². The number of rotatable bonds is 3. The van der Waals surface area contributed by atoms with Crippen LogP contribution in [0.15, 0.2) is 43.2 Å². The van der Waals surface area contributed by atoms with E-state index in [0.29, 0.717) is 0 Å². The number of fused-ring (bicyclic) bond motifs is 1. The van der Waals surface area contributed by atoms with Gasteiger partial charge in [0.05, 0.1) is 27.6 Å². The van der Waals surface area contributed by atoms with Crippen molar-refractivity contribution in [1.29, 1.82) is 0 Å². The highest BCUT2D eigenvalue weighted by Crippen LogP contribution is 2.37. The molecule has 3 aromatic rings. The summed E-state index contributed by atoms with van der Waals surface area (Å²) in [6, 6.07) is 8.20. The quantitative estimate of drug-likeness (QED) is 0.702. The molecule has 1 N–H and O–H groups in total. The second-order valence-corrected chi connectivity index (χ2v) is 7.72. The Morgan fingerprint density at radius 2 is 2.04 bits per heavy atom. The Kier molecular flexibility index (Phi) is 6.54. The zero-order chi connectivity index (χ0) is 20.1. The van der Waals surface area contributed by atoms with Crippen molar-refractivity contribution in [3.8, 4) is 21.1 Å². The van der Waals surface area contributed by atoms with Crippen molar-refractivity contribution in [3.05, 3.63) is 54.6 Å². The maximum atomic E-state index is 4.90. The third kappa shape index (κ3) is 4.29. The molecule has 0 unspecified atom stereocenters. The predicted octanol–water partition coefficient (Wildman–Crippen LogP) is 4.65. The summed E-state index contributed by atoms with van der Waals surface area (Å²) in [6.45, 7) is 10.4. The summed E-state index contributed by atoms with van der Waals surface area (Å²) >= 11 is 1.66. The molecular formula is C22H27N5S. The molecule has 6 heteroatoms. The van der Waals surface area contributed by atoms with Crippen LogP contribution in [0.5, 0.6) is 0 Å². The minimum Gasteiger partial charge on any atom is -0.373 e. The van der Waals surface area contributed by atoms with Gasteiger partial charge < -0.3 is 10.2 Å². The van der Waals surface area contributed by atoms with E-state index >= 15 is 0 Å². The molecule has 0 aromatic carbocycles. The first kappa shape index (κ1) is 20.2. The number of pyridine rings is 2. The summed E-state index contributed by atoms with van der Waals surface area (Å²) in [5, 5.41) is 3.91. The molecule has 4 heterocycles. The van der Waals surface area contributed by atoms with Gasteiger partial charge in [0.2, 0.25) is 0 Å². The fourth-order valence-electron chi connectivity index (χ4n) is 2.93. The third-order valence-electron chi connectivity index (χ3n) is 4.66. The molecule has 5 nitrogen and oxygen atoms in total. The Labute approximate surface area is 171 Å². The molecule has 0 atom stereocenters. The Bertz CT molecular complexity index is 947. The van der Waals surface area contributed by atoms with Crippen molar-refractivity contribution in [2.24, 2.45) is 0 Å². The lowest BCUT2D eigenvalue weighted by Gasteiger charge is -2.28. The van der Waals surface area contributed by atoms with Crippen LogP contribution in [0.1, 0.15) is 24.7 Å². The maximum Gasteiger partial charge on any atom is 0.125 e. The molecular weight excluding hydrogens is 366 g/mol. The smallest absolute Gasteiger partial charge is 0.125 e. The lowest BCUT2D eigenvalue weighted by molar-refractivity contribution is 0.864. The van der Waals surface area contributed by atoms with Gasteiger partial charge in [-0.05, 0) is 56.8 Å². The van der Waals surface area contributed by atoms with E-state index in [1.807, 2.05) is 32.3 Å². The van der Waals surface area contributed by atoms with E-state index in [1.54, 1.807) is 17.5 Å². The average Bonchev–Trinajstić information content (AvgIpc) is 3.13. The van der Waals surface area contributed by atoms with Crippen LogP contribution in [0.2, 0.25) is 0 Å². The number of nitrogens with one attached hydrogen (secondary N) is 1. The van der Waals surface area contributed by atoms with Crippen LogP contribution in [-0.2, 0) is 0 Å². The minimum absolute atomic E-state index is 0.961. The molecule has 0 fully saturated rings. The van der Waals surface area contributed by atoms with Crippen molar-refractivity contribution in [1.82, 2.24) is 20.3 Å². The van der Waals surface area contributed by atoms with E-state index in [1.165, 1.54) is 0 Å². The van der Waals surface area contributed by atoms with E-state index in [9.17, 15) is 0 Å². The maximum absolute atomic E-state index is 4.90. The lowest BCUT2D eigenvalue weighted by Crippen LogP contribution is -2.24. The van der Waals surface area contributed by atoms with Crippen LogP contribution >= 0.6 is 11.3 Å². The number of nitrogens with zero attached hydrogens (tertiary/aromatic N) is 4. The molecule has 146 valence electrons. The number of aromatic nitrogens is 3. The monoisotopic (exact) mass is 393 g/mol. The molecule has 0 spiro atoms. The molecule has 28 heavy (non-hydrogen) atoms. The average molecular weight is 394 g/mol. The first-order valence-corrected chi connectivity index (χ1v) is 10.3. The molecule has 0 saturated carbocycles. The van der Waals surface area contributed by atoms with Gasteiger partial charge in [0.1, 0.15) is 5.01 Å². The fraction of sp³-hybridized carbons (Fsp3) is 0.318. The normalized spacial score (nSPS) is 13.0. The molecule has 3 aromatic heterocycles. The van der Waals surface area contributed by atoms with Crippen molar-refractivity contribution in [2.75, 3.05) is 32.1 Å². The fourth-order valence-corrected chi connectivity index (χ4v) is 3.96. The molecule has 1 aliphatic rings. The van der Waals surface area contributed by atoms with Gasteiger partial charge in [-0.15, -0.1) is 11.3 Å². The van der Waals surface area contributed by atoms with Gasteiger partial charge in [-0.2, -0.15) is 0 Å². The van der Waals surface area contributed by atoms with E-state index in [2.05, 4.69) is 47.9 Å². The second kappa shape index (κ2) is 9.08. The zero-order valence-electron chi connectivity index (χ0n) is 17.0. The summed E-state index contributed by atoms with van der Waals surface area (Å²) in [5.41, 5.74) is 6.29. The number of aryl methyl sites for hydroxylation is 1. The van der Waals surface area contributed by atoms with Gasteiger partial charge in [-0.1, -0.05) is 13.5 Å². The van der Waals surface area contributed by atoms with Crippen LogP contribution in [0, 0.1) is 6.92 Å². The first-order chi connectivity index (χ1) is 13.5. The Hall–Kier alpha value is -2.57. The molecule has 1 aliphatic heterocycles. The van der Waals surface area contributed by atoms with Crippen LogP contribution < -0.4 is 10.2 Å². The number of hydrogen-bond acceptors (Lipinski definition) is 6. The Morgan fingerprint density at radius 3 is 2.71 bits per heavy atom. The van der Waals surface area contributed by atoms with Gasteiger partial charge in [0.15, 0.2) is 0 Å². The highest BCUT2D eigenvalue weighted by Gasteiger charge is 2.20. The molecule has 4 rings (SSSR count). The van der Waals surface area contributed by atoms with Gasteiger partial charge in [0, 0.05) is 31.5 Å². The van der Waals surface area contributed by atoms with Crippen molar-refractivity contribution >= 4 is 22.6 Å². The summed E-state index contributed by atoms with van der Waals surface area (Å²) in [7, 11) is 4.03. The standard InChI is InChI=1S/C19H18N4S.C3H9N/c1-12-8-10-23(3)16-7-6-15(22-17(12)16)18-13(2)21-19(24-18)14-5-4-9-20-11-14;1-3-4-2/h4-7,9,11H,1,8,10H2,2-3H3;4H,3H2,1-2H3. The lowest BCUT2D eigenvalue weighted by atomic mass is 10.0. The van der Waals surface area contributed by atoms with Crippen molar-refractivity contribution < 1.29 is 0 Å². The van der Waals surface area contributed by atoms with Crippen LogP contribution in [0.3, 0.4) is 0 Å². The van der Waals surface area contributed by atoms with E-state index in [-0.39, 0.29) is 0 Å². The van der Waals surface area contributed by atoms with Crippen molar-refractivity contribution in [3.63, 3.8) is 0 Å². The van der Waals surface area contributed by atoms with E-state index in [4.69, 9.17) is 9.97 Å². The van der Waals surface area contributed by atoms with Gasteiger partial charge in [0.25, 0.3) is 0 Å². The van der Waals surface area contributed by atoms with E-state index in [0.717, 1.165) is 63.3 Å². The van der Waals surface area contributed by atoms with Crippen LogP contribution in [0.25, 0.3) is 26.7 Å². The largest absolute Gasteiger partial charge is 0.373 e. The summed E-state index contributed by atoms with van der Waals surface area (Å²) in [6.07, 6.45) is 4.58. The molecule has 0 aliphatic carbocycles. The number of anilines is 1. The van der Waals surface area contributed by atoms with Gasteiger partial charge in [-0.3, -0.25) is 4.98 Å². The zero-order valence-corrected chi connectivity index (χ0v) is 17.8. The highest BCUT2D eigenvalue weighted by molar-refractivity contribution is 7.18. The predicted molar refractivity (Wildman–Crippen MR) is 120 cm³/mol. The van der Waals surface area contributed by atoms with Crippen LogP contribution in [-0.4, -0.2) is 42.1 Å². The molecule has 0 amide bonds. The molecule has 0 saturated heterocycles. The van der Waals surface area contributed by atoms with Crippen molar-refractivity contribution in [2.45, 2.75) is 20.3 Å². The minimum atomic E-state index is 0.961. The highest BCUT2D eigenvalue weighted by atomic mass is 32.1. The first-order valence-electron chi connectivity index (χ1n) is 9.48. The topological polar surface area (TPSA) is 53.9 Å². The number of thiazole rings is 1.